The summed E-state index contributed by atoms with van der Waals surface area (Å²) in [7, 11) is -9.92. The van der Waals surface area contributed by atoms with E-state index in [1.165, 1.54) is 186 Å². The number of ether oxygens (including phenoxy) is 4. The lowest BCUT2D eigenvalue weighted by Crippen LogP contribution is -2.30. The molecule has 0 spiro atoms. The van der Waals surface area contributed by atoms with Gasteiger partial charge >= 0.3 is 39.5 Å². The van der Waals surface area contributed by atoms with E-state index in [9.17, 15) is 43.2 Å². The van der Waals surface area contributed by atoms with Crippen LogP contribution >= 0.6 is 15.6 Å². The molecule has 566 valence electrons. The van der Waals surface area contributed by atoms with E-state index in [1.807, 2.05) is 0 Å². The Hall–Kier alpha value is -2.46. The molecule has 0 aromatic carbocycles. The van der Waals surface area contributed by atoms with Crippen molar-refractivity contribution in [3.8, 4) is 0 Å². The van der Waals surface area contributed by atoms with E-state index in [4.69, 9.17) is 37.0 Å². The Morgan fingerprint density at radius 1 is 0.292 bits per heavy atom. The summed E-state index contributed by atoms with van der Waals surface area (Å²) in [5, 5.41) is 10.6. The molecular weight excluding hydrogens is 1260 g/mol. The lowest BCUT2D eigenvalue weighted by molar-refractivity contribution is -0.161. The first-order valence-electron chi connectivity index (χ1n) is 39.6. The predicted molar refractivity (Wildman–Crippen MR) is 391 cm³/mol. The highest BCUT2D eigenvalue weighted by Gasteiger charge is 2.30. The number of rotatable bonds is 76. The highest BCUT2D eigenvalue weighted by atomic mass is 31.2. The van der Waals surface area contributed by atoms with Gasteiger partial charge in [0.05, 0.1) is 26.4 Å². The quantitative estimate of drug-likeness (QED) is 0.0169. The molecular formula is C77H146O17P2. The fourth-order valence-corrected chi connectivity index (χ4v) is 13.0. The van der Waals surface area contributed by atoms with E-state index in [0.717, 1.165) is 122 Å². The maximum atomic E-state index is 13.1. The second-order valence-corrected chi connectivity index (χ2v) is 30.0. The molecule has 17 nitrogen and oxygen atoms in total. The molecule has 0 aliphatic heterocycles. The third-order valence-corrected chi connectivity index (χ3v) is 19.4. The normalized spacial score (nSPS) is 14.0. The van der Waals surface area contributed by atoms with Crippen LogP contribution in [0.3, 0.4) is 0 Å². The molecule has 3 N–H and O–H groups in total. The minimum atomic E-state index is -4.96. The minimum Gasteiger partial charge on any atom is -0.462 e. The number of carbonyl (C=O) groups excluding carboxylic acids is 4. The molecule has 0 fully saturated rings. The van der Waals surface area contributed by atoms with E-state index in [1.54, 1.807) is 0 Å². The molecule has 5 atom stereocenters. The van der Waals surface area contributed by atoms with Crippen LogP contribution in [-0.4, -0.2) is 96.7 Å². The van der Waals surface area contributed by atoms with Crippen molar-refractivity contribution in [1.82, 2.24) is 0 Å². The third-order valence-electron chi connectivity index (χ3n) is 17.5. The van der Waals surface area contributed by atoms with Gasteiger partial charge in [-0.25, -0.2) is 9.13 Å². The van der Waals surface area contributed by atoms with Gasteiger partial charge in [-0.3, -0.25) is 37.3 Å². The summed E-state index contributed by atoms with van der Waals surface area (Å²) < 4.78 is 68.4. The molecule has 96 heavy (non-hydrogen) atoms. The van der Waals surface area contributed by atoms with E-state index in [-0.39, 0.29) is 25.7 Å². The van der Waals surface area contributed by atoms with E-state index < -0.39 is 97.5 Å². The number of phosphoric ester groups is 2. The molecule has 0 aliphatic carbocycles. The van der Waals surface area contributed by atoms with Crippen molar-refractivity contribution in [2.24, 2.45) is 0 Å². The number of phosphoric acid groups is 2. The van der Waals surface area contributed by atoms with Gasteiger partial charge in [-0.05, 0) is 51.4 Å². The van der Waals surface area contributed by atoms with Crippen LogP contribution in [0.5, 0.6) is 0 Å². The predicted octanol–water partition coefficient (Wildman–Crippen LogP) is 22.6. The minimum absolute atomic E-state index is 0.102. The number of aliphatic hydroxyl groups is 1. The summed E-state index contributed by atoms with van der Waals surface area (Å²) in [6.45, 7) is 4.88. The van der Waals surface area contributed by atoms with Gasteiger partial charge in [0.25, 0.3) is 0 Å². The zero-order valence-corrected chi connectivity index (χ0v) is 63.6. The number of hydrogen-bond acceptors (Lipinski definition) is 15. The van der Waals surface area contributed by atoms with Gasteiger partial charge in [-0.1, -0.05) is 335 Å². The highest BCUT2D eigenvalue weighted by Crippen LogP contribution is 2.45. The topological polar surface area (TPSA) is 237 Å². The molecule has 0 aliphatic rings. The summed E-state index contributed by atoms with van der Waals surface area (Å²) in [4.78, 5) is 72.7. The fraction of sp³-hybridized carbons (Fsp3) is 0.896. The Morgan fingerprint density at radius 3 is 0.760 bits per heavy atom. The van der Waals surface area contributed by atoms with Crippen LogP contribution in [0, 0.1) is 0 Å². The highest BCUT2D eigenvalue weighted by molar-refractivity contribution is 7.47. The molecule has 0 radical (unpaired) electrons. The molecule has 0 saturated carbocycles. The Labute approximate surface area is 586 Å². The van der Waals surface area contributed by atoms with Gasteiger partial charge in [0.2, 0.25) is 0 Å². The lowest BCUT2D eigenvalue weighted by Gasteiger charge is -2.21. The van der Waals surface area contributed by atoms with Gasteiger partial charge in [0.1, 0.15) is 19.3 Å². The summed E-state index contributed by atoms with van der Waals surface area (Å²) >= 11 is 0. The van der Waals surface area contributed by atoms with Crippen molar-refractivity contribution < 1.29 is 80.2 Å². The van der Waals surface area contributed by atoms with Crippen LogP contribution in [0.15, 0.2) is 24.3 Å². The van der Waals surface area contributed by atoms with Crippen molar-refractivity contribution >= 4 is 39.5 Å². The summed E-state index contributed by atoms with van der Waals surface area (Å²) in [6, 6.07) is 0. The number of aliphatic hydroxyl groups excluding tert-OH is 1. The van der Waals surface area contributed by atoms with Crippen LogP contribution in [0.2, 0.25) is 0 Å². The van der Waals surface area contributed by atoms with Gasteiger partial charge in [0, 0.05) is 25.7 Å². The second-order valence-electron chi connectivity index (χ2n) is 27.1. The Balaban J connectivity index is 5.20. The van der Waals surface area contributed by atoms with Gasteiger partial charge in [-0.15, -0.1) is 0 Å². The first-order chi connectivity index (χ1) is 46.7. The zero-order valence-electron chi connectivity index (χ0n) is 61.8. The summed E-state index contributed by atoms with van der Waals surface area (Å²) in [5.41, 5.74) is 0. The van der Waals surface area contributed by atoms with Crippen LogP contribution in [-0.2, 0) is 65.4 Å². The molecule has 0 heterocycles. The van der Waals surface area contributed by atoms with Crippen molar-refractivity contribution in [2.75, 3.05) is 39.6 Å². The van der Waals surface area contributed by atoms with E-state index >= 15 is 0 Å². The number of allylic oxidation sites excluding steroid dienone is 4. The summed E-state index contributed by atoms with van der Waals surface area (Å²) in [6.07, 6.45) is 64.8. The van der Waals surface area contributed by atoms with E-state index in [2.05, 4.69) is 52.0 Å². The molecule has 0 rings (SSSR count). The van der Waals surface area contributed by atoms with Crippen LogP contribution in [0.4, 0.5) is 0 Å². The average Bonchev–Trinajstić information content (AvgIpc) is 2.43. The number of carbonyl (C=O) groups is 4. The Bertz CT molecular complexity index is 1920. The molecule has 0 aromatic heterocycles. The van der Waals surface area contributed by atoms with Crippen LogP contribution in [0.25, 0.3) is 0 Å². The first kappa shape index (κ1) is 93.5. The molecule has 0 amide bonds. The zero-order chi connectivity index (χ0) is 70.4. The standard InChI is InChI=1S/C77H146O17P2/c1-5-9-13-17-21-24-27-30-32-33-34-35-36-37-39-42-45-48-52-56-60-64-77(82)94-73(68-88-75(80)62-58-54-50-46-43-41-38-31-28-25-22-18-14-10-6-2)70-92-96(85,86)90-66-71(78)65-89-95(83,84)91-69-72(67-87-74(79)61-57-53-49-20-16-12-8-4)93-76(81)63-59-55-51-47-44-40-29-26-23-19-15-11-7-3/h25,28,31,38,71-73,78H,5-24,26-27,29-30,32-37,39-70H2,1-4H3,(H,83,84)(H,85,86)/b28-25-,38-31-/t71-,72+,73+/m0/s1. The smallest absolute Gasteiger partial charge is 0.462 e. The first-order valence-corrected chi connectivity index (χ1v) is 42.6. The molecule has 2 unspecified atom stereocenters. The third kappa shape index (κ3) is 70.0. The van der Waals surface area contributed by atoms with Crippen LogP contribution in [0.1, 0.15) is 387 Å². The van der Waals surface area contributed by atoms with E-state index in [0.29, 0.717) is 25.7 Å². The summed E-state index contributed by atoms with van der Waals surface area (Å²) in [5.74, 6) is -2.15. The molecule has 0 aromatic rings. The number of hydrogen-bond donors (Lipinski definition) is 3. The second kappa shape index (κ2) is 71.0. The average molecular weight is 1410 g/mol. The Morgan fingerprint density at radius 2 is 0.500 bits per heavy atom. The van der Waals surface area contributed by atoms with Gasteiger partial charge in [0.15, 0.2) is 12.2 Å². The van der Waals surface area contributed by atoms with Crippen molar-refractivity contribution in [3.05, 3.63) is 24.3 Å². The molecule has 19 heteroatoms. The molecule has 0 bridgehead atoms. The van der Waals surface area contributed by atoms with Crippen LogP contribution < -0.4 is 0 Å². The fourth-order valence-electron chi connectivity index (χ4n) is 11.4. The van der Waals surface area contributed by atoms with Gasteiger partial charge < -0.3 is 33.8 Å². The maximum absolute atomic E-state index is 13.1. The molecule has 0 saturated heterocycles. The van der Waals surface area contributed by atoms with Crippen molar-refractivity contribution in [2.45, 2.75) is 406 Å². The maximum Gasteiger partial charge on any atom is 0.472 e. The largest absolute Gasteiger partial charge is 0.472 e. The van der Waals surface area contributed by atoms with Crippen molar-refractivity contribution in [3.63, 3.8) is 0 Å². The number of esters is 4. The monoisotopic (exact) mass is 1410 g/mol. The van der Waals surface area contributed by atoms with Crippen molar-refractivity contribution in [1.29, 1.82) is 0 Å². The Kier molecular flexibility index (Phi) is 69.1. The van der Waals surface area contributed by atoms with Gasteiger partial charge in [-0.2, -0.15) is 0 Å². The lowest BCUT2D eigenvalue weighted by atomic mass is 10.0. The SMILES string of the molecule is CCCCCC/C=C\C=C/CCCCCCCC(=O)OC[C@H](COP(=O)(O)OC[C@@H](O)COP(=O)(O)OC[C@@H](COC(=O)CCCCCCCCC)OC(=O)CCCCCCCCCCCCCCC)OC(=O)CCCCCCCCCCCCCCCCCCCCCCC. The number of unbranched alkanes of at least 4 members (excludes halogenated alkanes) is 47.